The van der Waals surface area contributed by atoms with Crippen LogP contribution < -0.4 is 5.32 Å². The Morgan fingerprint density at radius 2 is 1.83 bits per heavy atom. The summed E-state index contributed by atoms with van der Waals surface area (Å²) in [4.78, 5) is 22.7. The molecule has 3 aromatic carbocycles. The number of thiazole rings is 1. The zero-order valence-corrected chi connectivity index (χ0v) is 25.0. The first-order valence-electron chi connectivity index (χ1n) is 12.6. The van der Waals surface area contributed by atoms with Crippen molar-refractivity contribution in [2.45, 2.75) is 20.9 Å². The number of carbonyl (C=O) groups is 1. The molecule has 8 nitrogen and oxygen atoms in total. The fraction of sp³-hybridized carbons (Fsp3) is 0.0667. The number of fused-ring (bicyclic) bond motifs is 1. The van der Waals surface area contributed by atoms with Crippen LogP contribution in [0.3, 0.4) is 0 Å². The molecule has 1 amide bonds. The number of amides is 1. The second kappa shape index (κ2) is 13.2. The van der Waals surface area contributed by atoms with E-state index in [2.05, 4.69) is 38.0 Å². The second-order valence-electron chi connectivity index (χ2n) is 8.76. The van der Waals surface area contributed by atoms with Gasteiger partial charge in [0.15, 0.2) is 0 Å². The fourth-order valence-electron chi connectivity index (χ4n) is 3.94. The zero-order chi connectivity index (χ0) is 28.7. The van der Waals surface area contributed by atoms with Gasteiger partial charge in [0.1, 0.15) is 15.4 Å². The van der Waals surface area contributed by atoms with Gasteiger partial charge in [-0.25, -0.2) is 9.97 Å². The van der Waals surface area contributed by atoms with Gasteiger partial charge >= 0.3 is 0 Å². The summed E-state index contributed by atoms with van der Waals surface area (Å²) in [6.45, 7) is 0. The minimum absolute atomic E-state index is 0.118. The van der Waals surface area contributed by atoms with Crippen LogP contribution in [0.5, 0.6) is 0 Å². The first-order valence-corrected chi connectivity index (χ1v) is 16.2. The summed E-state index contributed by atoms with van der Waals surface area (Å²) >= 11 is 5.48. The van der Waals surface area contributed by atoms with E-state index in [0.29, 0.717) is 16.8 Å². The third-order valence-corrected chi connectivity index (χ3v) is 9.45. The lowest BCUT2D eigenvalue weighted by Crippen LogP contribution is -2.13. The van der Waals surface area contributed by atoms with Gasteiger partial charge in [-0.1, -0.05) is 42.1 Å². The number of nitrogens with one attached hydrogen (secondary N) is 1. The molecular formula is C30H20N6O2S4. The molecule has 3 aromatic heterocycles. The fourth-order valence-corrected chi connectivity index (χ4v) is 6.81. The highest BCUT2D eigenvalue weighted by molar-refractivity contribution is 8.03. The van der Waals surface area contributed by atoms with Crippen LogP contribution in [0.4, 0.5) is 5.69 Å². The molecule has 3 heterocycles. The molecule has 0 bridgehead atoms. The zero-order valence-electron chi connectivity index (χ0n) is 21.8. The smallest absolute Gasteiger partial charge is 0.277 e. The van der Waals surface area contributed by atoms with E-state index in [-0.39, 0.29) is 11.7 Å². The van der Waals surface area contributed by atoms with Crippen LogP contribution in [0.15, 0.2) is 111 Å². The van der Waals surface area contributed by atoms with Gasteiger partial charge < -0.3 is 9.73 Å². The molecule has 0 atom stereocenters. The van der Waals surface area contributed by atoms with Crippen molar-refractivity contribution in [1.29, 1.82) is 5.26 Å². The molecule has 0 fully saturated rings. The van der Waals surface area contributed by atoms with E-state index in [4.69, 9.17) is 14.7 Å². The van der Waals surface area contributed by atoms with Gasteiger partial charge in [-0.2, -0.15) is 5.26 Å². The summed E-state index contributed by atoms with van der Waals surface area (Å²) in [5, 5.41) is 24.2. The lowest BCUT2D eigenvalue weighted by Gasteiger charge is -2.05. The van der Waals surface area contributed by atoms with Gasteiger partial charge in [0, 0.05) is 28.1 Å². The number of hydrogen-bond acceptors (Lipinski definition) is 11. The summed E-state index contributed by atoms with van der Waals surface area (Å²) < 4.78 is 6.91. The monoisotopic (exact) mass is 624 g/mol. The highest BCUT2D eigenvalue weighted by Crippen LogP contribution is 2.34. The number of nitrogens with zero attached hydrogens (tertiary/aromatic N) is 5. The quantitative estimate of drug-likeness (QED) is 0.119. The maximum absolute atomic E-state index is 12.6. The normalized spacial score (nSPS) is 10.9. The van der Waals surface area contributed by atoms with Crippen LogP contribution in [0.1, 0.15) is 5.56 Å². The molecular weight excluding hydrogens is 605 g/mol. The molecule has 12 heteroatoms. The summed E-state index contributed by atoms with van der Waals surface area (Å²) in [6, 6.07) is 27.3. The molecule has 0 unspecified atom stereocenters. The maximum atomic E-state index is 12.6. The van der Waals surface area contributed by atoms with E-state index in [1.54, 1.807) is 29.3 Å². The minimum Gasteiger partial charge on any atom is -0.411 e. The van der Waals surface area contributed by atoms with Gasteiger partial charge in [-0.15, -0.1) is 33.3 Å². The van der Waals surface area contributed by atoms with Crippen molar-refractivity contribution in [1.82, 2.24) is 20.2 Å². The molecule has 6 rings (SSSR count). The van der Waals surface area contributed by atoms with Crippen LogP contribution in [-0.4, -0.2) is 31.8 Å². The van der Waals surface area contributed by atoms with Crippen molar-refractivity contribution < 1.29 is 9.21 Å². The number of nitriles is 1. The number of thioether (sulfide) groups is 3. The van der Waals surface area contributed by atoms with Crippen molar-refractivity contribution in [3.05, 3.63) is 96.7 Å². The Bertz CT molecular complexity index is 1880. The molecule has 0 spiro atoms. The van der Waals surface area contributed by atoms with Gasteiger partial charge in [0.25, 0.3) is 11.1 Å². The number of rotatable bonds is 10. The Morgan fingerprint density at radius 1 is 0.976 bits per heavy atom. The average molecular weight is 625 g/mol. The molecule has 0 saturated heterocycles. The highest BCUT2D eigenvalue weighted by atomic mass is 32.2. The first-order chi connectivity index (χ1) is 20.6. The van der Waals surface area contributed by atoms with Crippen molar-refractivity contribution in [3.8, 4) is 27.4 Å². The predicted octanol–water partition coefficient (Wildman–Crippen LogP) is 8.00. The summed E-state index contributed by atoms with van der Waals surface area (Å²) in [5.74, 6) is 1.07. The van der Waals surface area contributed by atoms with Gasteiger partial charge in [0.2, 0.25) is 5.91 Å². The van der Waals surface area contributed by atoms with Crippen molar-refractivity contribution in [2.75, 3.05) is 11.1 Å². The van der Waals surface area contributed by atoms with Crippen LogP contribution in [0, 0.1) is 10.7 Å². The largest absolute Gasteiger partial charge is 0.411 e. The maximum Gasteiger partial charge on any atom is 0.277 e. The number of hydrogen-bond donors (Lipinski definition) is 1. The Balaban J connectivity index is 1.04. The van der Waals surface area contributed by atoms with Gasteiger partial charge in [0.05, 0.1) is 21.5 Å². The molecule has 0 aliphatic heterocycles. The van der Waals surface area contributed by atoms with E-state index >= 15 is 0 Å². The first kappa shape index (κ1) is 28.0. The molecule has 42 heavy (non-hydrogen) atoms. The molecule has 6 aromatic rings. The molecule has 0 radical (unpaired) electrons. The topological polar surface area (TPSA) is 118 Å². The molecule has 0 aliphatic rings. The molecule has 0 saturated carbocycles. The van der Waals surface area contributed by atoms with Gasteiger partial charge in [-0.05, 0) is 71.9 Å². The van der Waals surface area contributed by atoms with Crippen LogP contribution in [-0.2, 0) is 10.5 Å². The molecule has 206 valence electrons. The number of thiocyanates is 1. The predicted molar refractivity (Wildman–Crippen MR) is 169 cm³/mol. The number of pyridine rings is 1. The minimum atomic E-state index is -0.185. The van der Waals surface area contributed by atoms with Crippen LogP contribution >= 0.6 is 46.6 Å². The van der Waals surface area contributed by atoms with E-state index in [1.807, 2.05) is 72.8 Å². The lowest BCUT2D eigenvalue weighted by molar-refractivity contribution is -0.113. The number of carbonyl (C=O) groups excluding carboxylic acids is 1. The lowest BCUT2D eigenvalue weighted by atomic mass is 10.2. The molecule has 0 aliphatic carbocycles. The Labute approximate surface area is 258 Å². The summed E-state index contributed by atoms with van der Waals surface area (Å²) in [7, 11) is 0. The van der Waals surface area contributed by atoms with Gasteiger partial charge in [-0.3, -0.25) is 4.79 Å². The van der Waals surface area contributed by atoms with Crippen molar-refractivity contribution in [2.24, 2.45) is 0 Å². The molecule has 1 N–H and O–H groups in total. The third kappa shape index (κ3) is 6.83. The van der Waals surface area contributed by atoms with E-state index in [9.17, 15) is 4.79 Å². The van der Waals surface area contributed by atoms with E-state index in [0.717, 1.165) is 53.8 Å². The summed E-state index contributed by atoms with van der Waals surface area (Å²) in [5.41, 5.74) is 4.45. The van der Waals surface area contributed by atoms with E-state index in [1.165, 1.54) is 17.3 Å². The number of benzene rings is 3. The standard InChI is InChI=1S/C30H20N6O2S4/c31-18-41-22-12-13-25-24(15-22)34-28(42-25)20-8-10-21(11-9-20)33-26(37)17-40-30-36-35-27(38-30)23-7-4-14-32-29(23)39-16-19-5-2-1-3-6-19/h1-15H,16-17H2,(H,33,37). The highest BCUT2D eigenvalue weighted by Gasteiger charge is 2.16. The number of aromatic nitrogens is 4. The van der Waals surface area contributed by atoms with Crippen molar-refractivity contribution in [3.63, 3.8) is 0 Å². The second-order valence-corrected chi connectivity index (χ2v) is 12.5. The number of anilines is 1. The third-order valence-electron chi connectivity index (χ3n) is 5.89. The Kier molecular flexibility index (Phi) is 8.81. The average Bonchev–Trinajstić information content (AvgIpc) is 3.67. The van der Waals surface area contributed by atoms with Crippen LogP contribution in [0.2, 0.25) is 0 Å². The summed E-state index contributed by atoms with van der Waals surface area (Å²) in [6.07, 6.45) is 1.74. The van der Waals surface area contributed by atoms with Crippen molar-refractivity contribution >= 4 is 68.4 Å². The SMILES string of the molecule is N#CSc1ccc2sc(-c3ccc(NC(=O)CSc4nnc(-c5cccnc5SCc5ccccc5)o4)cc3)nc2c1. The van der Waals surface area contributed by atoms with E-state index < -0.39 is 0 Å². The van der Waals surface area contributed by atoms with Crippen LogP contribution in [0.25, 0.3) is 32.2 Å². The Morgan fingerprint density at radius 3 is 2.67 bits per heavy atom. The Hall–Kier alpha value is -4.15.